The molecule has 1 N–H and O–H groups in total. The van der Waals surface area contributed by atoms with Crippen LogP contribution in [0.2, 0.25) is 0 Å². The molecule has 0 aliphatic heterocycles. The lowest BCUT2D eigenvalue weighted by atomic mass is 9.85. The molecule has 0 radical (unpaired) electrons. The van der Waals surface area contributed by atoms with Crippen LogP contribution in [0.4, 0.5) is 4.39 Å². The second-order valence-corrected chi connectivity index (χ2v) is 4.40. The van der Waals surface area contributed by atoms with E-state index in [1.807, 2.05) is 0 Å². The molecule has 0 saturated heterocycles. The van der Waals surface area contributed by atoms with Gasteiger partial charge in [-0.05, 0) is 37.3 Å². The van der Waals surface area contributed by atoms with Crippen LogP contribution in [-0.4, -0.2) is 19.8 Å². The maximum Gasteiger partial charge on any atom is 0.0906 e. The molecule has 0 bridgehead atoms. The highest BCUT2D eigenvalue weighted by atomic mass is 19.1. The highest BCUT2D eigenvalue weighted by Crippen LogP contribution is 2.19. The van der Waals surface area contributed by atoms with E-state index in [9.17, 15) is 4.39 Å². The first-order valence-electron chi connectivity index (χ1n) is 5.36. The van der Waals surface area contributed by atoms with Crippen molar-refractivity contribution in [2.45, 2.75) is 34.1 Å². The van der Waals surface area contributed by atoms with Gasteiger partial charge in [-0.2, -0.15) is 0 Å². The number of halogens is 1. The molecule has 0 atom stereocenters. The summed E-state index contributed by atoms with van der Waals surface area (Å²) in [5.41, 5.74) is 0. The molecule has 0 aliphatic rings. The lowest BCUT2D eigenvalue weighted by Gasteiger charge is -2.25. The molecule has 13 heavy (non-hydrogen) atoms. The van der Waals surface area contributed by atoms with Crippen LogP contribution in [0.15, 0.2) is 0 Å². The van der Waals surface area contributed by atoms with E-state index in [1.54, 1.807) is 0 Å². The Morgan fingerprint density at radius 3 is 2.00 bits per heavy atom. The third kappa shape index (κ3) is 6.03. The van der Waals surface area contributed by atoms with E-state index in [0.717, 1.165) is 13.1 Å². The molecule has 0 saturated carbocycles. The fraction of sp³-hybridized carbons (Fsp3) is 1.00. The van der Waals surface area contributed by atoms with Crippen LogP contribution in [0.5, 0.6) is 0 Å². The van der Waals surface area contributed by atoms with Crippen LogP contribution in [0.25, 0.3) is 0 Å². The van der Waals surface area contributed by atoms with Crippen molar-refractivity contribution in [3.05, 3.63) is 0 Å². The first-order valence-corrected chi connectivity index (χ1v) is 5.36. The van der Waals surface area contributed by atoms with Crippen molar-refractivity contribution in [1.82, 2.24) is 5.32 Å². The van der Waals surface area contributed by atoms with Crippen molar-refractivity contribution in [3.63, 3.8) is 0 Å². The minimum atomic E-state index is -0.207. The SMILES string of the molecule is CC(C)C(CNCCCF)C(C)C. The van der Waals surface area contributed by atoms with Gasteiger partial charge in [0.05, 0.1) is 6.67 Å². The predicted octanol–water partition coefficient (Wildman–Crippen LogP) is 2.86. The first kappa shape index (κ1) is 12.9. The van der Waals surface area contributed by atoms with Crippen LogP contribution in [-0.2, 0) is 0 Å². The second-order valence-electron chi connectivity index (χ2n) is 4.40. The van der Waals surface area contributed by atoms with E-state index in [-0.39, 0.29) is 6.67 Å². The fourth-order valence-electron chi connectivity index (χ4n) is 1.70. The molecule has 0 aromatic rings. The molecule has 1 nitrogen and oxygen atoms in total. The van der Waals surface area contributed by atoms with E-state index in [2.05, 4.69) is 33.0 Å². The summed E-state index contributed by atoms with van der Waals surface area (Å²) in [6.07, 6.45) is 0.642. The number of hydrogen-bond donors (Lipinski definition) is 1. The largest absolute Gasteiger partial charge is 0.316 e. The molecular weight excluding hydrogens is 165 g/mol. The van der Waals surface area contributed by atoms with E-state index >= 15 is 0 Å². The summed E-state index contributed by atoms with van der Waals surface area (Å²) in [6, 6.07) is 0. The maximum absolute atomic E-state index is 11.8. The van der Waals surface area contributed by atoms with E-state index in [0.29, 0.717) is 24.2 Å². The van der Waals surface area contributed by atoms with Crippen LogP contribution >= 0.6 is 0 Å². The predicted molar refractivity (Wildman–Crippen MR) is 56.6 cm³/mol. The summed E-state index contributed by atoms with van der Waals surface area (Å²) in [4.78, 5) is 0. The summed E-state index contributed by atoms with van der Waals surface area (Å²) < 4.78 is 11.8. The van der Waals surface area contributed by atoms with E-state index in [1.165, 1.54) is 0 Å². The number of rotatable bonds is 7. The Labute approximate surface area is 82.1 Å². The lowest BCUT2D eigenvalue weighted by molar-refractivity contribution is 0.274. The Morgan fingerprint density at radius 2 is 1.62 bits per heavy atom. The van der Waals surface area contributed by atoms with Crippen LogP contribution in [0.1, 0.15) is 34.1 Å². The zero-order valence-corrected chi connectivity index (χ0v) is 9.44. The molecular formula is C11H24FN. The number of hydrogen-bond acceptors (Lipinski definition) is 1. The Morgan fingerprint density at radius 1 is 1.08 bits per heavy atom. The summed E-state index contributed by atoms with van der Waals surface area (Å²) in [5.74, 6) is 2.12. The Kier molecular flexibility index (Phi) is 7.25. The topological polar surface area (TPSA) is 12.0 Å². The Balaban J connectivity index is 3.58. The van der Waals surface area contributed by atoms with Gasteiger partial charge in [0.2, 0.25) is 0 Å². The average Bonchev–Trinajstić information content (AvgIpc) is 2.02. The van der Waals surface area contributed by atoms with Gasteiger partial charge in [-0.15, -0.1) is 0 Å². The van der Waals surface area contributed by atoms with Gasteiger partial charge in [-0.3, -0.25) is 4.39 Å². The number of nitrogens with one attached hydrogen (secondary N) is 1. The standard InChI is InChI=1S/C11H24FN/c1-9(2)11(10(3)4)8-13-7-5-6-12/h9-11,13H,5-8H2,1-4H3. The smallest absolute Gasteiger partial charge is 0.0906 e. The molecule has 0 aromatic carbocycles. The Bertz CT molecular complexity index is 105. The minimum Gasteiger partial charge on any atom is -0.316 e. The highest BCUT2D eigenvalue weighted by Gasteiger charge is 2.16. The van der Waals surface area contributed by atoms with Crippen molar-refractivity contribution in [3.8, 4) is 0 Å². The van der Waals surface area contributed by atoms with Gasteiger partial charge in [-0.1, -0.05) is 27.7 Å². The lowest BCUT2D eigenvalue weighted by Crippen LogP contribution is -2.30. The quantitative estimate of drug-likeness (QED) is 0.607. The second kappa shape index (κ2) is 7.31. The van der Waals surface area contributed by atoms with Gasteiger partial charge >= 0.3 is 0 Å². The molecule has 0 rings (SSSR count). The average molecular weight is 189 g/mol. The van der Waals surface area contributed by atoms with E-state index < -0.39 is 0 Å². The molecule has 0 aromatic heterocycles. The van der Waals surface area contributed by atoms with Crippen molar-refractivity contribution < 1.29 is 4.39 Å². The van der Waals surface area contributed by atoms with Gasteiger partial charge in [0.15, 0.2) is 0 Å². The first-order chi connectivity index (χ1) is 6.09. The molecule has 0 spiro atoms. The zero-order valence-electron chi connectivity index (χ0n) is 9.44. The third-order valence-corrected chi connectivity index (χ3v) is 2.58. The molecule has 0 amide bonds. The number of alkyl halides is 1. The molecule has 0 unspecified atom stereocenters. The monoisotopic (exact) mass is 189 g/mol. The normalized spacial score (nSPS) is 12.0. The molecule has 0 aliphatic carbocycles. The maximum atomic E-state index is 11.8. The Hall–Kier alpha value is -0.110. The fourth-order valence-corrected chi connectivity index (χ4v) is 1.70. The zero-order chi connectivity index (χ0) is 10.3. The molecule has 0 fully saturated rings. The van der Waals surface area contributed by atoms with Crippen LogP contribution in [0, 0.1) is 17.8 Å². The summed E-state index contributed by atoms with van der Waals surface area (Å²) in [6.45, 7) is 10.6. The van der Waals surface area contributed by atoms with Crippen molar-refractivity contribution in [1.29, 1.82) is 0 Å². The molecule has 80 valence electrons. The van der Waals surface area contributed by atoms with Gasteiger partial charge in [-0.25, -0.2) is 0 Å². The summed E-state index contributed by atoms with van der Waals surface area (Å²) in [5, 5.41) is 3.31. The van der Waals surface area contributed by atoms with Crippen molar-refractivity contribution in [2.24, 2.45) is 17.8 Å². The summed E-state index contributed by atoms with van der Waals surface area (Å²) in [7, 11) is 0. The minimum absolute atomic E-state index is 0.207. The molecule has 0 heterocycles. The van der Waals surface area contributed by atoms with Gasteiger partial charge < -0.3 is 5.32 Å². The van der Waals surface area contributed by atoms with E-state index in [4.69, 9.17) is 0 Å². The highest BCUT2D eigenvalue weighted by molar-refractivity contribution is 4.69. The van der Waals surface area contributed by atoms with Gasteiger partial charge in [0.1, 0.15) is 0 Å². The third-order valence-electron chi connectivity index (χ3n) is 2.58. The van der Waals surface area contributed by atoms with Gasteiger partial charge in [0, 0.05) is 0 Å². The van der Waals surface area contributed by atoms with Crippen molar-refractivity contribution >= 4 is 0 Å². The van der Waals surface area contributed by atoms with Crippen LogP contribution < -0.4 is 5.32 Å². The van der Waals surface area contributed by atoms with Crippen LogP contribution in [0.3, 0.4) is 0 Å². The van der Waals surface area contributed by atoms with Gasteiger partial charge in [0.25, 0.3) is 0 Å². The molecule has 2 heteroatoms. The summed E-state index contributed by atoms with van der Waals surface area (Å²) >= 11 is 0. The van der Waals surface area contributed by atoms with Crippen molar-refractivity contribution in [2.75, 3.05) is 19.8 Å².